The maximum atomic E-state index is 12.6. The quantitative estimate of drug-likeness (QED) is 0.534. The van der Waals surface area contributed by atoms with E-state index in [1.807, 2.05) is 66.1 Å². The number of rotatable bonds is 5. The molecule has 0 spiro atoms. The highest BCUT2D eigenvalue weighted by molar-refractivity contribution is 8.00. The number of thioether (sulfide) groups is 1. The first-order valence-corrected chi connectivity index (χ1v) is 7.73. The molecule has 21 heavy (non-hydrogen) atoms. The Kier molecular flexibility index (Phi) is 4.01. The summed E-state index contributed by atoms with van der Waals surface area (Å²) in [6.07, 6.45) is 2.66. The van der Waals surface area contributed by atoms with Gasteiger partial charge in [0.25, 0.3) is 0 Å². The number of aromatic nitrogens is 3. The van der Waals surface area contributed by atoms with E-state index in [2.05, 4.69) is 10.2 Å². The normalized spacial score (nSPS) is 12.4. The number of hydrogen-bond acceptors (Lipinski definition) is 4. The second kappa shape index (κ2) is 6.10. The Bertz CT molecular complexity index is 754. The van der Waals surface area contributed by atoms with Gasteiger partial charge in [0.1, 0.15) is 0 Å². The topological polar surface area (TPSA) is 47.3 Å². The zero-order valence-corrected chi connectivity index (χ0v) is 12.5. The van der Waals surface area contributed by atoms with Gasteiger partial charge in [-0.3, -0.25) is 9.20 Å². The minimum atomic E-state index is -0.153. The Labute approximate surface area is 127 Å². The van der Waals surface area contributed by atoms with Crippen molar-refractivity contribution in [2.45, 2.75) is 23.8 Å². The summed E-state index contributed by atoms with van der Waals surface area (Å²) in [5.74, 6) is 0.135. The monoisotopic (exact) mass is 297 g/mol. The minimum absolute atomic E-state index is 0.135. The van der Waals surface area contributed by atoms with Crippen LogP contribution >= 0.6 is 11.8 Å². The number of carbonyl (C=O) groups excluding carboxylic acids is 1. The lowest BCUT2D eigenvalue weighted by Crippen LogP contribution is -2.16. The van der Waals surface area contributed by atoms with Gasteiger partial charge in [0.05, 0.1) is 5.25 Å². The average Bonchev–Trinajstić information content (AvgIpc) is 2.96. The van der Waals surface area contributed by atoms with Crippen LogP contribution in [0.15, 0.2) is 59.9 Å². The third kappa shape index (κ3) is 2.83. The van der Waals surface area contributed by atoms with Gasteiger partial charge in [0.15, 0.2) is 16.6 Å². The van der Waals surface area contributed by atoms with E-state index in [0.29, 0.717) is 0 Å². The van der Waals surface area contributed by atoms with Crippen LogP contribution in [0, 0.1) is 0 Å². The zero-order chi connectivity index (χ0) is 14.7. The number of benzene rings is 1. The second-order valence-electron chi connectivity index (χ2n) is 4.66. The van der Waals surface area contributed by atoms with Crippen molar-refractivity contribution in [3.05, 3.63) is 60.3 Å². The highest BCUT2D eigenvalue weighted by Crippen LogP contribution is 2.26. The number of pyridine rings is 1. The molecule has 1 unspecified atom stereocenters. The molecule has 0 saturated carbocycles. The van der Waals surface area contributed by atoms with Crippen LogP contribution < -0.4 is 0 Å². The van der Waals surface area contributed by atoms with Crippen LogP contribution in [0.5, 0.6) is 0 Å². The number of nitrogens with zero attached hydrogens (tertiary/aromatic N) is 3. The first-order chi connectivity index (χ1) is 10.3. The Morgan fingerprint density at radius 2 is 1.90 bits per heavy atom. The van der Waals surface area contributed by atoms with Crippen molar-refractivity contribution in [1.29, 1.82) is 0 Å². The van der Waals surface area contributed by atoms with Gasteiger partial charge in [-0.1, -0.05) is 55.1 Å². The van der Waals surface area contributed by atoms with Crippen molar-refractivity contribution < 1.29 is 4.79 Å². The van der Waals surface area contributed by atoms with Gasteiger partial charge in [0, 0.05) is 11.8 Å². The van der Waals surface area contributed by atoms with Crippen molar-refractivity contribution in [2.24, 2.45) is 0 Å². The molecule has 3 rings (SSSR count). The molecule has 4 nitrogen and oxygen atoms in total. The summed E-state index contributed by atoms with van der Waals surface area (Å²) in [5.41, 5.74) is 1.53. The van der Waals surface area contributed by atoms with E-state index < -0.39 is 0 Å². The summed E-state index contributed by atoms with van der Waals surface area (Å²) in [7, 11) is 0. The number of ketones is 1. The fourth-order valence-corrected chi connectivity index (χ4v) is 3.16. The van der Waals surface area contributed by atoms with Crippen LogP contribution in [0.25, 0.3) is 5.65 Å². The van der Waals surface area contributed by atoms with E-state index in [0.717, 1.165) is 22.8 Å². The van der Waals surface area contributed by atoms with Crippen LogP contribution in [0.2, 0.25) is 0 Å². The molecule has 0 aliphatic rings. The van der Waals surface area contributed by atoms with Crippen molar-refractivity contribution >= 4 is 23.2 Å². The number of Topliss-reactive ketones (excluding diaryl/α,β-unsaturated/α-hetero) is 1. The number of carbonyl (C=O) groups is 1. The van der Waals surface area contributed by atoms with Gasteiger partial charge in [0.2, 0.25) is 0 Å². The highest BCUT2D eigenvalue weighted by Gasteiger charge is 2.21. The number of fused-ring (bicyclic) bond motifs is 1. The van der Waals surface area contributed by atoms with E-state index in [4.69, 9.17) is 0 Å². The molecule has 0 saturated heterocycles. The molecule has 106 valence electrons. The van der Waals surface area contributed by atoms with Gasteiger partial charge in [-0.25, -0.2) is 0 Å². The van der Waals surface area contributed by atoms with E-state index in [-0.39, 0.29) is 11.0 Å². The molecule has 0 radical (unpaired) electrons. The molecule has 2 aromatic heterocycles. The van der Waals surface area contributed by atoms with Crippen LogP contribution in [0.4, 0.5) is 0 Å². The fourth-order valence-electron chi connectivity index (χ4n) is 2.14. The van der Waals surface area contributed by atoms with E-state index >= 15 is 0 Å². The van der Waals surface area contributed by atoms with Crippen molar-refractivity contribution in [3.8, 4) is 0 Å². The van der Waals surface area contributed by atoms with Crippen molar-refractivity contribution in [3.63, 3.8) is 0 Å². The van der Waals surface area contributed by atoms with Crippen molar-refractivity contribution in [2.75, 3.05) is 0 Å². The average molecular weight is 297 g/mol. The summed E-state index contributed by atoms with van der Waals surface area (Å²) in [5, 5.41) is 8.90. The first-order valence-electron chi connectivity index (χ1n) is 6.85. The molecule has 0 aliphatic carbocycles. The standard InChI is InChI=1S/C16H15N3OS/c1-2-13(15(20)12-8-4-3-5-9-12)21-16-18-17-14-10-6-7-11-19(14)16/h3-11,13H,2H2,1H3. The smallest absolute Gasteiger partial charge is 0.196 e. The summed E-state index contributed by atoms with van der Waals surface area (Å²) >= 11 is 1.47. The summed E-state index contributed by atoms with van der Waals surface area (Å²) < 4.78 is 1.91. The molecule has 0 aliphatic heterocycles. The van der Waals surface area contributed by atoms with Gasteiger partial charge in [-0.2, -0.15) is 0 Å². The molecule has 0 bridgehead atoms. The summed E-state index contributed by atoms with van der Waals surface area (Å²) in [6, 6.07) is 15.1. The fraction of sp³-hybridized carbons (Fsp3) is 0.188. The van der Waals surface area contributed by atoms with Gasteiger partial charge in [-0.15, -0.1) is 10.2 Å². The maximum Gasteiger partial charge on any atom is 0.196 e. The lowest BCUT2D eigenvalue weighted by atomic mass is 10.1. The molecule has 0 fully saturated rings. The molecule has 1 atom stereocenters. The molecule has 3 aromatic rings. The third-order valence-corrected chi connectivity index (χ3v) is 4.57. The van der Waals surface area contributed by atoms with Gasteiger partial charge >= 0.3 is 0 Å². The largest absolute Gasteiger partial charge is 0.293 e. The Hall–Kier alpha value is -2.14. The van der Waals surface area contributed by atoms with Gasteiger partial charge < -0.3 is 0 Å². The molecule has 1 aromatic carbocycles. The first kappa shape index (κ1) is 13.8. The zero-order valence-electron chi connectivity index (χ0n) is 11.6. The minimum Gasteiger partial charge on any atom is -0.293 e. The maximum absolute atomic E-state index is 12.6. The van der Waals surface area contributed by atoms with Crippen molar-refractivity contribution in [1.82, 2.24) is 14.6 Å². The SMILES string of the molecule is CCC(Sc1nnc2ccccn12)C(=O)c1ccccc1. The lowest BCUT2D eigenvalue weighted by Gasteiger charge is -2.12. The number of hydrogen-bond donors (Lipinski definition) is 0. The predicted octanol–water partition coefficient (Wildman–Crippen LogP) is 3.48. The predicted molar refractivity (Wildman–Crippen MR) is 83.7 cm³/mol. The Balaban J connectivity index is 1.86. The summed E-state index contributed by atoms with van der Waals surface area (Å²) in [6.45, 7) is 2.02. The molecular formula is C16H15N3OS. The van der Waals surface area contributed by atoms with Crippen LogP contribution in [0.3, 0.4) is 0 Å². The Morgan fingerprint density at radius 1 is 1.14 bits per heavy atom. The Morgan fingerprint density at radius 3 is 2.67 bits per heavy atom. The summed E-state index contributed by atoms with van der Waals surface area (Å²) in [4.78, 5) is 12.6. The molecule has 5 heteroatoms. The lowest BCUT2D eigenvalue weighted by molar-refractivity contribution is 0.0988. The second-order valence-corrected chi connectivity index (χ2v) is 5.83. The van der Waals surface area contributed by atoms with Crippen LogP contribution in [-0.2, 0) is 0 Å². The van der Waals surface area contributed by atoms with E-state index in [1.165, 1.54) is 11.8 Å². The third-order valence-electron chi connectivity index (χ3n) is 3.25. The molecule has 0 amide bonds. The van der Waals surface area contributed by atoms with E-state index in [1.54, 1.807) is 0 Å². The molecule has 2 heterocycles. The highest BCUT2D eigenvalue weighted by atomic mass is 32.2. The molecule has 0 N–H and O–H groups in total. The van der Waals surface area contributed by atoms with Crippen LogP contribution in [0.1, 0.15) is 23.7 Å². The van der Waals surface area contributed by atoms with E-state index in [9.17, 15) is 4.79 Å². The van der Waals surface area contributed by atoms with Gasteiger partial charge in [-0.05, 0) is 18.6 Å². The molecular weight excluding hydrogens is 282 g/mol. The van der Waals surface area contributed by atoms with Crippen LogP contribution in [-0.4, -0.2) is 25.6 Å².